The summed E-state index contributed by atoms with van der Waals surface area (Å²) >= 11 is 4.97. The first-order valence-electron chi connectivity index (χ1n) is 7.16. The highest BCUT2D eigenvalue weighted by atomic mass is 32.1. The largest absolute Gasteiger partial charge is 0.497 e. The number of nitrogen functional groups attached to an aromatic ring is 1. The molecule has 0 radical (unpaired) electrons. The highest BCUT2D eigenvalue weighted by Gasteiger charge is 2.64. The van der Waals surface area contributed by atoms with Crippen molar-refractivity contribution in [2.75, 3.05) is 20.0 Å². The van der Waals surface area contributed by atoms with Crippen molar-refractivity contribution in [2.45, 2.75) is 11.8 Å². The maximum absolute atomic E-state index is 13.5. The first kappa shape index (κ1) is 20.5. The number of hydrogen-bond donors (Lipinski definition) is 3. The molecule has 0 spiro atoms. The van der Waals surface area contributed by atoms with Crippen LogP contribution in [-0.2, 0) is 15.1 Å². The summed E-state index contributed by atoms with van der Waals surface area (Å²) in [4.78, 5) is 25.9. The van der Waals surface area contributed by atoms with Gasteiger partial charge in [-0.1, -0.05) is 6.07 Å². The minimum absolute atomic E-state index is 0.128. The summed E-state index contributed by atoms with van der Waals surface area (Å²) in [6, 6.07) is 5.84. The summed E-state index contributed by atoms with van der Waals surface area (Å²) in [6.45, 7) is 0. The van der Waals surface area contributed by atoms with Crippen LogP contribution in [-0.4, -0.2) is 41.0 Å². The number of alkyl halides is 3. The number of aromatic nitrogens is 2. The molecule has 0 bridgehead atoms. The molecular weight excluding hydrogens is 391 g/mol. The number of anilines is 1. The SMILES string of the molecule is COC(=O)C(O)(c1c(N)n(-c2cccc(OC)c2)c(=S)[nH]c1=O)C(F)(F)F. The fourth-order valence-corrected chi connectivity index (χ4v) is 2.71. The molecule has 0 aliphatic heterocycles. The summed E-state index contributed by atoms with van der Waals surface area (Å²) in [5.41, 5.74) is -1.37. The van der Waals surface area contributed by atoms with E-state index in [0.717, 1.165) is 4.57 Å². The van der Waals surface area contributed by atoms with Crippen LogP contribution in [0.5, 0.6) is 5.75 Å². The maximum Gasteiger partial charge on any atom is 0.432 e. The van der Waals surface area contributed by atoms with Crippen molar-refractivity contribution in [2.24, 2.45) is 0 Å². The van der Waals surface area contributed by atoms with Crippen molar-refractivity contribution >= 4 is 24.0 Å². The molecule has 0 fully saturated rings. The molecular formula is C15H14F3N3O5S. The predicted octanol–water partition coefficient (Wildman–Crippen LogP) is 1.41. The van der Waals surface area contributed by atoms with Gasteiger partial charge in [-0.15, -0.1) is 0 Å². The molecule has 1 heterocycles. The van der Waals surface area contributed by atoms with Crippen LogP contribution in [0.3, 0.4) is 0 Å². The quantitative estimate of drug-likeness (QED) is 0.520. The summed E-state index contributed by atoms with van der Waals surface area (Å²) in [7, 11) is 1.99. The molecule has 0 saturated carbocycles. The molecule has 2 rings (SSSR count). The Labute approximate surface area is 155 Å². The Kier molecular flexibility index (Phi) is 5.33. The average molecular weight is 405 g/mol. The molecule has 146 valence electrons. The number of rotatable bonds is 4. The monoisotopic (exact) mass is 405 g/mol. The summed E-state index contributed by atoms with van der Waals surface area (Å²) in [6.07, 6.45) is -5.60. The van der Waals surface area contributed by atoms with Gasteiger partial charge in [0.1, 0.15) is 17.1 Å². The number of carbonyl (C=O) groups is 1. The highest BCUT2D eigenvalue weighted by Crippen LogP contribution is 2.41. The number of esters is 1. The van der Waals surface area contributed by atoms with Gasteiger partial charge in [0.2, 0.25) is 0 Å². The van der Waals surface area contributed by atoms with Crippen molar-refractivity contribution < 1.29 is 32.5 Å². The lowest BCUT2D eigenvalue weighted by Gasteiger charge is -2.29. The molecule has 0 aliphatic carbocycles. The molecule has 1 aromatic carbocycles. The van der Waals surface area contributed by atoms with E-state index in [9.17, 15) is 27.9 Å². The van der Waals surface area contributed by atoms with Crippen molar-refractivity contribution in [3.05, 3.63) is 45.0 Å². The number of nitrogens with two attached hydrogens (primary N) is 1. The topological polar surface area (TPSA) is 120 Å². The zero-order chi connectivity index (χ0) is 20.6. The van der Waals surface area contributed by atoms with Crippen LogP contribution in [0, 0.1) is 4.77 Å². The molecule has 12 heteroatoms. The van der Waals surface area contributed by atoms with Gasteiger partial charge in [-0.3, -0.25) is 14.3 Å². The van der Waals surface area contributed by atoms with Crippen LogP contribution < -0.4 is 16.0 Å². The number of benzene rings is 1. The van der Waals surface area contributed by atoms with E-state index in [-0.39, 0.29) is 10.5 Å². The number of halogens is 3. The summed E-state index contributed by atoms with van der Waals surface area (Å²) in [5.74, 6) is -2.69. The number of nitrogens with zero attached hydrogens (tertiary/aromatic N) is 1. The number of aliphatic hydroxyl groups is 1. The van der Waals surface area contributed by atoms with Gasteiger partial charge in [0.25, 0.3) is 11.2 Å². The second kappa shape index (κ2) is 7.04. The molecule has 1 aromatic heterocycles. The third kappa shape index (κ3) is 3.28. The Morgan fingerprint density at radius 1 is 1.33 bits per heavy atom. The Morgan fingerprint density at radius 3 is 2.48 bits per heavy atom. The summed E-state index contributed by atoms with van der Waals surface area (Å²) < 4.78 is 50.1. The van der Waals surface area contributed by atoms with Crippen LogP contribution in [0.1, 0.15) is 5.56 Å². The molecule has 4 N–H and O–H groups in total. The molecule has 8 nitrogen and oxygen atoms in total. The van der Waals surface area contributed by atoms with Crippen LogP contribution >= 0.6 is 12.2 Å². The van der Waals surface area contributed by atoms with Gasteiger partial charge in [-0.2, -0.15) is 13.2 Å². The molecule has 0 amide bonds. The van der Waals surface area contributed by atoms with Crippen molar-refractivity contribution in [1.29, 1.82) is 0 Å². The third-order valence-corrected chi connectivity index (χ3v) is 4.00. The number of hydrogen-bond acceptors (Lipinski definition) is 7. The normalized spacial score (nSPS) is 13.7. The Hall–Kier alpha value is -2.86. The third-order valence-electron chi connectivity index (χ3n) is 3.71. The van der Waals surface area contributed by atoms with Crippen LogP contribution in [0.15, 0.2) is 29.1 Å². The van der Waals surface area contributed by atoms with E-state index < -0.39 is 34.7 Å². The Morgan fingerprint density at radius 2 is 1.96 bits per heavy atom. The van der Waals surface area contributed by atoms with Gasteiger partial charge in [-0.25, -0.2) is 4.79 Å². The van der Waals surface area contributed by atoms with Crippen LogP contribution in [0.4, 0.5) is 19.0 Å². The lowest BCUT2D eigenvalue weighted by Crippen LogP contribution is -2.53. The van der Waals surface area contributed by atoms with E-state index in [0.29, 0.717) is 12.9 Å². The van der Waals surface area contributed by atoms with E-state index in [1.807, 2.05) is 4.98 Å². The minimum atomic E-state index is -5.60. The first-order chi connectivity index (χ1) is 12.5. The zero-order valence-electron chi connectivity index (χ0n) is 14.0. The summed E-state index contributed by atoms with van der Waals surface area (Å²) in [5, 5.41) is 10.1. The van der Waals surface area contributed by atoms with Gasteiger partial charge in [-0.05, 0) is 24.4 Å². The zero-order valence-corrected chi connectivity index (χ0v) is 14.8. The standard InChI is InChI=1S/C15H14F3N3O5S/c1-25-8-5-3-4-7(6-8)21-10(19)9(11(22)20-13(21)27)14(24,12(23)26-2)15(16,17)18/h3-6,24H,19H2,1-2H3,(H,20,22,27). The molecule has 2 aromatic rings. The number of carbonyl (C=O) groups excluding carboxylic acids is 1. The van der Waals surface area contributed by atoms with Crippen molar-refractivity contribution in [3.63, 3.8) is 0 Å². The van der Waals surface area contributed by atoms with Gasteiger partial charge in [0.05, 0.1) is 19.9 Å². The van der Waals surface area contributed by atoms with E-state index >= 15 is 0 Å². The average Bonchev–Trinajstić information content (AvgIpc) is 2.59. The number of aromatic amines is 1. The second-order valence-electron chi connectivity index (χ2n) is 5.26. The van der Waals surface area contributed by atoms with Crippen LogP contribution in [0.2, 0.25) is 0 Å². The Bertz CT molecular complexity index is 1000. The number of methoxy groups -OCH3 is 2. The van der Waals surface area contributed by atoms with Crippen LogP contribution in [0.25, 0.3) is 5.69 Å². The molecule has 0 aliphatic rings. The smallest absolute Gasteiger partial charge is 0.432 e. The predicted molar refractivity (Wildman–Crippen MR) is 90.2 cm³/mol. The highest BCUT2D eigenvalue weighted by molar-refractivity contribution is 7.71. The number of nitrogens with one attached hydrogen (secondary N) is 1. The van der Waals surface area contributed by atoms with E-state index in [4.69, 9.17) is 22.7 Å². The lowest BCUT2D eigenvalue weighted by atomic mass is 9.94. The van der Waals surface area contributed by atoms with Gasteiger partial charge in [0, 0.05) is 6.07 Å². The number of ether oxygens (including phenoxy) is 2. The number of H-pyrrole nitrogens is 1. The molecule has 1 atom stereocenters. The van der Waals surface area contributed by atoms with E-state index in [1.54, 1.807) is 6.07 Å². The fraction of sp³-hybridized carbons (Fsp3) is 0.267. The fourth-order valence-electron chi connectivity index (χ4n) is 2.42. The maximum atomic E-state index is 13.5. The van der Waals surface area contributed by atoms with E-state index in [2.05, 4.69) is 4.74 Å². The molecule has 27 heavy (non-hydrogen) atoms. The lowest BCUT2D eigenvalue weighted by molar-refractivity contribution is -0.267. The first-order valence-corrected chi connectivity index (χ1v) is 7.57. The van der Waals surface area contributed by atoms with Gasteiger partial charge >= 0.3 is 12.1 Å². The second-order valence-corrected chi connectivity index (χ2v) is 5.64. The molecule has 0 saturated heterocycles. The van der Waals surface area contributed by atoms with Crippen molar-refractivity contribution in [3.8, 4) is 11.4 Å². The van der Waals surface area contributed by atoms with Gasteiger partial charge in [0.15, 0.2) is 4.77 Å². The molecule has 1 unspecified atom stereocenters. The van der Waals surface area contributed by atoms with Gasteiger partial charge < -0.3 is 20.3 Å². The Balaban J connectivity index is 2.93. The van der Waals surface area contributed by atoms with Crippen molar-refractivity contribution in [1.82, 2.24) is 9.55 Å². The minimum Gasteiger partial charge on any atom is -0.497 e. The van der Waals surface area contributed by atoms with E-state index in [1.165, 1.54) is 25.3 Å².